The molecule has 0 saturated carbocycles. The molecule has 0 saturated heterocycles. The number of carbonyl (C=O) groups excluding carboxylic acids is 1. The number of non-ortho nitro benzene ring substituents is 1. The van der Waals surface area contributed by atoms with Crippen LogP contribution in [0.15, 0.2) is 48.5 Å². The van der Waals surface area contributed by atoms with E-state index in [1.165, 1.54) is 30.7 Å². The molecule has 28 heavy (non-hydrogen) atoms. The molecule has 0 spiro atoms. The van der Waals surface area contributed by atoms with Crippen molar-refractivity contribution in [1.29, 1.82) is 0 Å². The van der Waals surface area contributed by atoms with E-state index in [-0.39, 0.29) is 17.3 Å². The normalized spacial score (nSPS) is 14.9. The first-order valence-electron chi connectivity index (χ1n) is 8.78. The summed E-state index contributed by atoms with van der Waals surface area (Å²) in [5, 5.41) is 11.1. The Morgan fingerprint density at radius 1 is 1.18 bits per heavy atom. The lowest BCUT2D eigenvalue weighted by Crippen LogP contribution is -2.50. The van der Waals surface area contributed by atoms with Gasteiger partial charge in [0.1, 0.15) is 6.04 Å². The first kappa shape index (κ1) is 19.8. The number of amides is 1. The minimum atomic E-state index is -3.84. The largest absolute Gasteiger partial charge is 0.336 e. The van der Waals surface area contributed by atoms with Crippen molar-refractivity contribution >= 4 is 27.3 Å². The number of nitrogens with zero attached hydrogens (tertiary/aromatic N) is 3. The summed E-state index contributed by atoms with van der Waals surface area (Å²) in [6.45, 7) is 2.40. The summed E-state index contributed by atoms with van der Waals surface area (Å²) in [6, 6.07) is 12.1. The fourth-order valence-corrected chi connectivity index (χ4v) is 4.66. The zero-order valence-electron chi connectivity index (χ0n) is 15.6. The van der Waals surface area contributed by atoms with Gasteiger partial charge in [-0.25, -0.2) is 8.42 Å². The second kappa shape index (κ2) is 7.59. The van der Waals surface area contributed by atoms with Crippen molar-refractivity contribution in [2.24, 2.45) is 0 Å². The third kappa shape index (κ3) is 3.99. The number of anilines is 1. The van der Waals surface area contributed by atoms with Crippen molar-refractivity contribution < 1.29 is 18.1 Å². The Morgan fingerprint density at radius 2 is 1.86 bits per heavy atom. The second-order valence-electron chi connectivity index (χ2n) is 6.79. The molecule has 3 rings (SSSR count). The number of nitro benzene ring substituents is 1. The fourth-order valence-electron chi connectivity index (χ4n) is 3.49. The molecule has 9 heteroatoms. The molecule has 0 N–H and O–H groups in total. The van der Waals surface area contributed by atoms with Crippen LogP contribution in [0.5, 0.6) is 0 Å². The molecule has 0 aliphatic carbocycles. The summed E-state index contributed by atoms with van der Waals surface area (Å²) in [6.07, 6.45) is 1.69. The third-order valence-electron chi connectivity index (χ3n) is 4.80. The Bertz CT molecular complexity index is 1020. The lowest BCUT2D eigenvalue weighted by molar-refractivity contribution is -0.384. The van der Waals surface area contributed by atoms with E-state index in [0.717, 1.165) is 22.2 Å². The molecule has 8 nitrogen and oxygen atoms in total. The van der Waals surface area contributed by atoms with E-state index in [1.807, 2.05) is 24.3 Å². The SMILES string of the molecule is C[C@@H](C(=O)N1CCc2ccccc2C1)N(c1cccc([N+](=O)[O-])c1)S(C)(=O)=O. The summed E-state index contributed by atoms with van der Waals surface area (Å²) in [4.78, 5) is 25.2. The Balaban J connectivity index is 1.90. The van der Waals surface area contributed by atoms with Crippen molar-refractivity contribution in [2.45, 2.75) is 25.9 Å². The van der Waals surface area contributed by atoms with Gasteiger partial charge in [0.2, 0.25) is 15.9 Å². The van der Waals surface area contributed by atoms with Crippen LogP contribution in [0, 0.1) is 10.1 Å². The van der Waals surface area contributed by atoms with Crippen LogP contribution in [0.1, 0.15) is 18.1 Å². The van der Waals surface area contributed by atoms with Gasteiger partial charge >= 0.3 is 0 Å². The average molecular weight is 403 g/mol. The van der Waals surface area contributed by atoms with Crippen LogP contribution in [0.2, 0.25) is 0 Å². The second-order valence-corrected chi connectivity index (χ2v) is 8.65. The number of benzene rings is 2. The highest BCUT2D eigenvalue weighted by atomic mass is 32.2. The highest BCUT2D eigenvalue weighted by Gasteiger charge is 2.33. The summed E-state index contributed by atoms with van der Waals surface area (Å²) >= 11 is 0. The number of fused-ring (bicyclic) bond motifs is 1. The van der Waals surface area contributed by atoms with Gasteiger partial charge in [-0.05, 0) is 30.5 Å². The zero-order chi connectivity index (χ0) is 20.5. The van der Waals surface area contributed by atoms with Crippen LogP contribution in [0.4, 0.5) is 11.4 Å². The highest BCUT2D eigenvalue weighted by molar-refractivity contribution is 7.92. The molecule has 0 radical (unpaired) electrons. The Labute approximate surface area is 163 Å². The lowest BCUT2D eigenvalue weighted by atomic mass is 9.99. The molecule has 1 aliphatic heterocycles. The van der Waals surface area contributed by atoms with E-state index in [0.29, 0.717) is 19.5 Å². The fraction of sp³-hybridized carbons (Fsp3) is 0.316. The molecule has 0 aromatic heterocycles. The summed E-state index contributed by atoms with van der Waals surface area (Å²) < 4.78 is 25.8. The van der Waals surface area contributed by atoms with Gasteiger partial charge in [-0.3, -0.25) is 19.2 Å². The predicted octanol–water partition coefficient (Wildman–Crippen LogP) is 2.33. The molecular weight excluding hydrogens is 382 g/mol. The smallest absolute Gasteiger partial charge is 0.271 e. The van der Waals surface area contributed by atoms with Crippen LogP contribution in [-0.2, 0) is 27.8 Å². The average Bonchev–Trinajstić information content (AvgIpc) is 2.66. The monoisotopic (exact) mass is 403 g/mol. The van der Waals surface area contributed by atoms with E-state index in [1.54, 1.807) is 4.90 Å². The topological polar surface area (TPSA) is 101 Å². The van der Waals surface area contributed by atoms with Crippen LogP contribution in [0.3, 0.4) is 0 Å². The Kier molecular flexibility index (Phi) is 5.37. The minimum Gasteiger partial charge on any atom is -0.336 e. The van der Waals surface area contributed by atoms with Gasteiger partial charge in [-0.1, -0.05) is 30.3 Å². The van der Waals surface area contributed by atoms with Gasteiger partial charge < -0.3 is 4.90 Å². The van der Waals surface area contributed by atoms with Gasteiger partial charge in [0.05, 0.1) is 16.9 Å². The summed E-state index contributed by atoms with van der Waals surface area (Å²) in [5.74, 6) is -0.341. The van der Waals surface area contributed by atoms with E-state index in [4.69, 9.17) is 0 Å². The maximum absolute atomic E-state index is 13.1. The number of hydrogen-bond acceptors (Lipinski definition) is 5. The molecule has 2 aromatic rings. The van der Waals surface area contributed by atoms with Gasteiger partial charge in [0.15, 0.2) is 0 Å². The van der Waals surface area contributed by atoms with Crippen LogP contribution < -0.4 is 4.31 Å². The molecule has 0 bridgehead atoms. The first-order chi connectivity index (χ1) is 13.2. The molecule has 1 atom stereocenters. The summed E-state index contributed by atoms with van der Waals surface area (Å²) in [7, 11) is -3.84. The molecule has 1 heterocycles. The number of carbonyl (C=O) groups is 1. The van der Waals surface area contributed by atoms with Gasteiger partial charge in [-0.15, -0.1) is 0 Å². The highest BCUT2D eigenvalue weighted by Crippen LogP contribution is 2.27. The van der Waals surface area contributed by atoms with E-state index < -0.39 is 21.0 Å². The maximum Gasteiger partial charge on any atom is 0.271 e. The number of rotatable bonds is 5. The van der Waals surface area contributed by atoms with Crippen LogP contribution in [-0.4, -0.2) is 43.0 Å². The van der Waals surface area contributed by atoms with Crippen molar-refractivity contribution in [3.8, 4) is 0 Å². The standard InChI is InChI=1S/C19H21N3O5S/c1-14(19(23)20-11-10-15-6-3-4-7-16(15)13-20)21(28(2,26)27)17-8-5-9-18(12-17)22(24)25/h3-9,12,14H,10-11,13H2,1-2H3/t14-/m0/s1. The molecule has 0 fully saturated rings. The minimum absolute atomic E-state index is 0.0926. The Hall–Kier alpha value is -2.94. The van der Waals surface area contributed by atoms with Crippen molar-refractivity contribution in [3.05, 3.63) is 69.8 Å². The summed E-state index contributed by atoms with van der Waals surface area (Å²) in [5.41, 5.74) is 2.07. The quantitative estimate of drug-likeness (QED) is 0.563. The predicted molar refractivity (Wildman–Crippen MR) is 105 cm³/mol. The molecule has 1 amide bonds. The van der Waals surface area contributed by atoms with Crippen LogP contribution in [0.25, 0.3) is 0 Å². The number of hydrogen-bond donors (Lipinski definition) is 0. The lowest BCUT2D eigenvalue weighted by Gasteiger charge is -2.35. The first-order valence-corrected chi connectivity index (χ1v) is 10.6. The van der Waals surface area contributed by atoms with Crippen molar-refractivity contribution in [2.75, 3.05) is 17.1 Å². The number of nitro groups is 1. The van der Waals surface area contributed by atoms with E-state index in [9.17, 15) is 23.3 Å². The molecule has 0 unspecified atom stereocenters. The molecule has 148 valence electrons. The molecule has 1 aliphatic rings. The Morgan fingerprint density at radius 3 is 2.50 bits per heavy atom. The van der Waals surface area contributed by atoms with Gasteiger partial charge in [-0.2, -0.15) is 0 Å². The zero-order valence-corrected chi connectivity index (χ0v) is 16.4. The molecule has 2 aromatic carbocycles. The van der Waals surface area contributed by atoms with Crippen molar-refractivity contribution in [3.63, 3.8) is 0 Å². The maximum atomic E-state index is 13.1. The molecular formula is C19H21N3O5S. The number of sulfonamides is 1. The van der Waals surface area contributed by atoms with Gasteiger partial charge in [0, 0.05) is 25.2 Å². The van der Waals surface area contributed by atoms with E-state index >= 15 is 0 Å². The van der Waals surface area contributed by atoms with E-state index in [2.05, 4.69) is 0 Å². The van der Waals surface area contributed by atoms with Crippen molar-refractivity contribution in [1.82, 2.24) is 4.90 Å². The third-order valence-corrected chi connectivity index (χ3v) is 6.05. The van der Waals surface area contributed by atoms with Crippen LogP contribution >= 0.6 is 0 Å². The van der Waals surface area contributed by atoms with Gasteiger partial charge in [0.25, 0.3) is 5.69 Å².